The minimum Gasteiger partial charge on any atom is -0.496 e. The topological polar surface area (TPSA) is 70.1 Å². The third-order valence-corrected chi connectivity index (χ3v) is 2.99. The molecule has 0 aliphatic heterocycles. The molecule has 1 aromatic carbocycles. The quantitative estimate of drug-likeness (QED) is 0.848. The molecule has 5 nitrogen and oxygen atoms in total. The predicted molar refractivity (Wildman–Crippen MR) is 74.5 cm³/mol. The standard InChI is InChI=1S/C14H17N3O2/c1-9-6-10(2)17(14(18)16-9)8-11-4-5-12(15)7-13(11)19-3/h4-7H,8,15H2,1-3H3. The molecule has 2 N–H and O–H groups in total. The Bertz CT molecular complexity index is 662. The van der Waals surface area contributed by atoms with Crippen molar-refractivity contribution in [2.24, 2.45) is 0 Å². The molecule has 0 aliphatic rings. The number of hydrogen-bond donors (Lipinski definition) is 1. The second-order valence-corrected chi connectivity index (χ2v) is 4.48. The zero-order valence-electron chi connectivity index (χ0n) is 11.3. The molecule has 100 valence electrons. The fourth-order valence-corrected chi connectivity index (χ4v) is 2.03. The van der Waals surface area contributed by atoms with Crippen LogP contribution in [0.1, 0.15) is 17.0 Å². The Morgan fingerprint density at radius 3 is 2.68 bits per heavy atom. The summed E-state index contributed by atoms with van der Waals surface area (Å²) in [5, 5.41) is 0. The zero-order valence-corrected chi connectivity index (χ0v) is 11.3. The number of aryl methyl sites for hydroxylation is 2. The van der Waals surface area contributed by atoms with Crippen molar-refractivity contribution in [2.75, 3.05) is 12.8 Å². The van der Waals surface area contributed by atoms with Crippen molar-refractivity contribution >= 4 is 5.69 Å². The molecule has 0 bridgehead atoms. The minimum absolute atomic E-state index is 0.253. The predicted octanol–water partition coefficient (Wildman–Crippen LogP) is 1.50. The van der Waals surface area contributed by atoms with Gasteiger partial charge in [0.1, 0.15) is 5.75 Å². The van der Waals surface area contributed by atoms with Crippen LogP contribution < -0.4 is 16.2 Å². The van der Waals surface area contributed by atoms with E-state index in [1.807, 2.05) is 26.0 Å². The lowest BCUT2D eigenvalue weighted by Gasteiger charge is -2.13. The summed E-state index contributed by atoms with van der Waals surface area (Å²) in [4.78, 5) is 15.9. The van der Waals surface area contributed by atoms with Crippen molar-refractivity contribution in [3.8, 4) is 5.75 Å². The van der Waals surface area contributed by atoms with Crippen molar-refractivity contribution in [3.05, 3.63) is 51.7 Å². The normalized spacial score (nSPS) is 10.5. The molecule has 0 amide bonds. The number of hydrogen-bond acceptors (Lipinski definition) is 4. The van der Waals surface area contributed by atoms with Crippen LogP contribution in [-0.2, 0) is 6.54 Å². The number of nitrogens with two attached hydrogens (primary N) is 1. The van der Waals surface area contributed by atoms with Gasteiger partial charge < -0.3 is 10.5 Å². The highest BCUT2D eigenvalue weighted by molar-refractivity contribution is 5.48. The Labute approximate surface area is 111 Å². The largest absolute Gasteiger partial charge is 0.496 e. The van der Waals surface area contributed by atoms with E-state index in [0.717, 1.165) is 17.0 Å². The lowest BCUT2D eigenvalue weighted by atomic mass is 10.1. The molecule has 0 unspecified atom stereocenters. The highest BCUT2D eigenvalue weighted by Gasteiger charge is 2.08. The zero-order chi connectivity index (χ0) is 14.0. The van der Waals surface area contributed by atoms with E-state index < -0.39 is 0 Å². The highest BCUT2D eigenvalue weighted by atomic mass is 16.5. The van der Waals surface area contributed by atoms with Gasteiger partial charge in [0, 0.05) is 28.7 Å². The monoisotopic (exact) mass is 259 g/mol. The molecule has 1 aromatic heterocycles. The highest BCUT2D eigenvalue weighted by Crippen LogP contribution is 2.22. The first-order valence-electron chi connectivity index (χ1n) is 5.98. The van der Waals surface area contributed by atoms with Crippen molar-refractivity contribution in [1.29, 1.82) is 0 Å². The van der Waals surface area contributed by atoms with E-state index in [-0.39, 0.29) is 5.69 Å². The van der Waals surface area contributed by atoms with Gasteiger partial charge in [-0.05, 0) is 26.0 Å². The van der Waals surface area contributed by atoms with Crippen LogP contribution in [0.15, 0.2) is 29.1 Å². The second kappa shape index (κ2) is 5.14. The SMILES string of the molecule is COc1cc(N)ccc1Cn1c(C)cc(C)nc1=O. The van der Waals surface area contributed by atoms with E-state index in [0.29, 0.717) is 18.0 Å². The number of anilines is 1. The molecule has 0 fully saturated rings. The number of ether oxygens (including phenoxy) is 1. The van der Waals surface area contributed by atoms with Crippen molar-refractivity contribution in [2.45, 2.75) is 20.4 Å². The molecule has 5 heteroatoms. The van der Waals surface area contributed by atoms with Gasteiger partial charge in [-0.1, -0.05) is 6.07 Å². The number of nitrogen functional groups attached to an aromatic ring is 1. The van der Waals surface area contributed by atoms with Crippen LogP contribution in [0.25, 0.3) is 0 Å². The lowest BCUT2D eigenvalue weighted by Crippen LogP contribution is -2.26. The Morgan fingerprint density at radius 1 is 1.32 bits per heavy atom. The first-order valence-corrected chi connectivity index (χ1v) is 5.98. The summed E-state index contributed by atoms with van der Waals surface area (Å²) >= 11 is 0. The Morgan fingerprint density at radius 2 is 2.05 bits per heavy atom. The summed E-state index contributed by atoms with van der Waals surface area (Å²) in [6.07, 6.45) is 0. The minimum atomic E-state index is -0.253. The van der Waals surface area contributed by atoms with Gasteiger partial charge in [-0.2, -0.15) is 4.98 Å². The van der Waals surface area contributed by atoms with E-state index in [2.05, 4.69) is 4.98 Å². The maximum Gasteiger partial charge on any atom is 0.348 e. The van der Waals surface area contributed by atoms with Crippen LogP contribution in [0.4, 0.5) is 5.69 Å². The van der Waals surface area contributed by atoms with Gasteiger partial charge in [-0.3, -0.25) is 4.57 Å². The molecule has 0 radical (unpaired) electrons. The van der Waals surface area contributed by atoms with Crippen molar-refractivity contribution in [1.82, 2.24) is 9.55 Å². The van der Waals surface area contributed by atoms with Crippen LogP contribution in [0.3, 0.4) is 0 Å². The summed E-state index contributed by atoms with van der Waals surface area (Å²) in [5.41, 5.74) is 8.59. The molecule has 2 rings (SSSR count). The molecule has 1 heterocycles. The van der Waals surface area contributed by atoms with Gasteiger partial charge in [0.15, 0.2) is 0 Å². The van der Waals surface area contributed by atoms with Crippen LogP contribution in [-0.4, -0.2) is 16.7 Å². The number of rotatable bonds is 3. The number of aromatic nitrogens is 2. The Hall–Kier alpha value is -2.30. The summed E-state index contributed by atoms with van der Waals surface area (Å²) in [6, 6.07) is 7.28. The van der Waals surface area contributed by atoms with Crippen LogP contribution in [0.2, 0.25) is 0 Å². The summed E-state index contributed by atoms with van der Waals surface area (Å²) in [6.45, 7) is 4.11. The van der Waals surface area contributed by atoms with Crippen LogP contribution in [0.5, 0.6) is 5.75 Å². The molecule has 2 aromatic rings. The van der Waals surface area contributed by atoms with E-state index in [1.54, 1.807) is 23.8 Å². The van der Waals surface area contributed by atoms with E-state index in [1.165, 1.54) is 0 Å². The van der Waals surface area contributed by atoms with Gasteiger partial charge in [-0.15, -0.1) is 0 Å². The number of methoxy groups -OCH3 is 1. The van der Waals surface area contributed by atoms with Crippen LogP contribution in [0, 0.1) is 13.8 Å². The van der Waals surface area contributed by atoms with E-state index in [9.17, 15) is 4.79 Å². The molecule has 0 atom stereocenters. The smallest absolute Gasteiger partial charge is 0.348 e. The molecule has 0 saturated carbocycles. The summed E-state index contributed by atoms with van der Waals surface area (Å²) < 4.78 is 6.90. The Kier molecular flexibility index (Phi) is 3.55. The first-order chi connectivity index (χ1) is 9.01. The molecule has 0 spiro atoms. The molecular formula is C14H17N3O2. The average Bonchev–Trinajstić information content (AvgIpc) is 2.35. The van der Waals surface area contributed by atoms with Gasteiger partial charge in [0.25, 0.3) is 0 Å². The van der Waals surface area contributed by atoms with E-state index in [4.69, 9.17) is 10.5 Å². The summed E-state index contributed by atoms with van der Waals surface area (Å²) in [5.74, 6) is 0.673. The molecule has 0 aliphatic carbocycles. The second-order valence-electron chi connectivity index (χ2n) is 4.48. The number of benzene rings is 1. The average molecular weight is 259 g/mol. The Balaban J connectivity index is 2.45. The third-order valence-electron chi connectivity index (χ3n) is 2.99. The lowest BCUT2D eigenvalue weighted by molar-refractivity contribution is 0.408. The fourth-order valence-electron chi connectivity index (χ4n) is 2.03. The van der Waals surface area contributed by atoms with E-state index >= 15 is 0 Å². The molecule has 19 heavy (non-hydrogen) atoms. The van der Waals surface area contributed by atoms with Gasteiger partial charge >= 0.3 is 5.69 Å². The van der Waals surface area contributed by atoms with Gasteiger partial charge in [0.2, 0.25) is 0 Å². The maximum absolute atomic E-state index is 11.9. The molecule has 0 saturated heterocycles. The molecular weight excluding hydrogens is 242 g/mol. The first kappa shape index (κ1) is 13.1. The maximum atomic E-state index is 11.9. The number of nitrogens with zero attached hydrogens (tertiary/aromatic N) is 2. The van der Waals surface area contributed by atoms with Gasteiger partial charge in [-0.25, -0.2) is 4.79 Å². The van der Waals surface area contributed by atoms with Crippen LogP contribution >= 0.6 is 0 Å². The van der Waals surface area contributed by atoms with Gasteiger partial charge in [0.05, 0.1) is 13.7 Å². The fraction of sp³-hybridized carbons (Fsp3) is 0.286. The van der Waals surface area contributed by atoms with Crippen molar-refractivity contribution < 1.29 is 4.74 Å². The summed E-state index contributed by atoms with van der Waals surface area (Å²) in [7, 11) is 1.58. The third kappa shape index (κ3) is 2.76. The van der Waals surface area contributed by atoms with Crippen molar-refractivity contribution in [3.63, 3.8) is 0 Å².